The predicted octanol–water partition coefficient (Wildman–Crippen LogP) is 3.71. The number of hydrogen-bond acceptors (Lipinski definition) is 4. The zero-order valence-corrected chi connectivity index (χ0v) is 15.0. The van der Waals surface area contributed by atoms with E-state index < -0.39 is 5.92 Å². The van der Waals surface area contributed by atoms with Gasteiger partial charge in [-0.25, -0.2) is 0 Å². The maximum absolute atomic E-state index is 12.6. The molecule has 1 atom stereocenters. The summed E-state index contributed by atoms with van der Waals surface area (Å²) in [5.41, 5.74) is 1.18. The molecule has 0 spiro atoms. The Hall–Kier alpha value is -2.44. The normalized spacial score (nSPS) is 18.3. The van der Waals surface area contributed by atoms with Gasteiger partial charge >= 0.3 is 0 Å². The quantitative estimate of drug-likeness (QED) is 0.864. The number of carbonyl (C=O) groups excluding carboxylic acids is 2. The van der Waals surface area contributed by atoms with Crippen molar-refractivity contribution in [2.75, 3.05) is 23.6 Å². The number of carbonyl (C=O) groups is 2. The Morgan fingerprint density at radius 1 is 1.08 bits per heavy atom. The van der Waals surface area contributed by atoms with Gasteiger partial charge in [-0.15, -0.1) is 0 Å². The molecule has 6 nitrogen and oxygen atoms in total. The Labute approximate surface area is 159 Å². The first-order valence-electron chi connectivity index (χ1n) is 7.96. The molecule has 0 radical (unpaired) electrons. The molecule has 1 fully saturated rings. The number of halogens is 2. The summed E-state index contributed by atoms with van der Waals surface area (Å²) >= 11 is 12.0. The van der Waals surface area contributed by atoms with E-state index in [9.17, 15) is 9.59 Å². The van der Waals surface area contributed by atoms with Crippen molar-refractivity contribution in [1.29, 1.82) is 0 Å². The van der Waals surface area contributed by atoms with Gasteiger partial charge in [-0.3, -0.25) is 9.59 Å². The first kappa shape index (κ1) is 17.0. The van der Waals surface area contributed by atoms with E-state index in [0.29, 0.717) is 32.9 Å². The largest absolute Gasteiger partial charge is 0.454 e. The lowest BCUT2D eigenvalue weighted by Gasteiger charge is -2.17. The molecule has 0 aliphatic carbocycles. The van der Waals surface area contributed by atoms with Crippen LogP contribution in [0.5, 0.6) is 11.5 Å². The molecule has 2 aliphatic rings. The van der Waals surface area contributed by atoms with Crippen LogP contribution in [0.3, 0.4) is 0 Å². The summed E-state index contributed by atoms with van der Waals surface area (Å²) < 4.78 is 10.5. The van der Waals surface area contributed by atoms with Crippen LogP contribution in [0.15, 0.2) is 36.4 Å². The molecule has 2 aromatic carbocycles. The Kier molecular flexibility index (Phi) is 4.38. The second-order valence-corrected chi connectivity index (χ2v) is 6.96. The lowest BCUT2D eigenvalue weighted by molar-refractivity contribution is -0.122. The molecule has 8 heteroatoms. The van der Waals surface area contributed by atoms with Crippen LogP contribution in [0, 0.1) is 5.92 Å². The Morgan fingerprint density at radius 2 is 1.81 bits per heavy atom. The number of fused-ring (bicyclic) bond motifs is 1. The molecular formula is C18H14Cl2N2O4. The van der Waals surface area contributed by atoms with E-state index in [0.717, 1.165) is 0 Å². The van der Waals surface area contributed by atoms with Crippen LogP contribution in [0.1, 0.15) is 6.42 Å². The SMILES string of the molecule is O=C(Nc1ccc2c(c1)OCO2)C1CC(=O)N(c2cc(Cl)cc(Cl)c2)C1. The Bertz CT molecular complexity index is 883. The van der Waals surface area contributed by atoms with E-state index in [1.54, 1.807) is 36.4 Å². The average molecular weight is 393 g/mol. The first-order chi connectivity index (χ1) is 12.5. The summed E-state index contributed by atoms with van der Waals surface area (Å²) in [5, 5.41) is 3.70. The lowest BCUT2D eigenvalue weighted by atomic mass is 10.1. The topological polar surface area (TPSA) is 67.9 Å². The van der Waals surface area contributed by atoms with Gasteiger partial charge in [0.1, 0.15) is 0 Å². The van der Waals surface area contributed by atoms with Crippen molar-refractivity contribution in [1.82, 2.24) is 0 Å². The fourth-order valence-corrected chi connectivity index (χ4v) is 3.56. The second kappa shape index (κ2) is 6.70. The maximum Gasteiger partial charge on any atom is 0.231 e. The van der Waals surface area contributed by atoms with Crippen molar-refractivity contribution in [2.45, 2.75) is 6.42 Å². The van der Waals surface area contributed by atoms with E-state index in [1.807, 2.05) is 0 Å². The first-order valence-corrected chi connectivity index (χ1v) is 8.72. The predicted molar refractivity (Wildman–Crippen MR) is 98.1 cm³/mol. The summed E-state index contributed by atoms with van der Waals surface area (Å²) in [6, 6.07) is 10.1. The van der Waals surface area contributed by atoms with Gasteiger partial charge < -0.3 is 19.7 Å². The molecule has 4 rings (SSSR count). The van der Waals surface area contributed by atoms with E-state index in [-0.39, 0.29) is 31.6 Å². The molecule has 0 bridgehead atoms. The van der Waals surface area contributed by atoms with Crippen molar-refractivity contribution in [2.24, 2.45) is 5.92 Å². The van der Waals surface area contributed by atoms with Gasteiger partial charge in [0.2, 0.25) is 18.6 Å². The third kappa shape index (κ3) is 3.30. The van der Waals surface area contributed by atoms with Crippen molar-refractivity contribution < 1.29 is 19.1 Å². The van der Waals surface area contributed by atoms with Crippen LogP contribution in [-0.2, 0) is 9.59 Å². The third-order valence-electron chi connectivity index (χ3n) is 4.29. The van der Waals surface area contributed by atoms with Gasteiger partial charge in [0.25, 0.3) is 0 Å². The van der Waals surface area contributed by atoms with Crippen LogP contribution >= 0.6 is 23.2 Å². The number of anilines is 2. The molecule has 1 N–H and O–H groups in total. The number of benzene rings is 2. The van der Waals surface area contributed by atoms with Gasteiger partial charge in [-0.2, -0.15) is 0 Å². The van der Waals surface area contributed by atoms with Crippen LogP contribution in [-0.4, -0.2) is 25.2 Å². The number of nitrogens with zero attached hydrogens (tertiary/aromatic N) is 1. The molecule has 0 saturated carbocycles. The Morgan fingerprint density at radius 3 is 2.58 bits per heavy atom. The van der Waals surface area contributed by atoms with Gasteiger partial charge in [-0.1, -0.05) is 23.2 Å². The molecule has 134 valence electrons. The molecule has 26 heavy (non-hydrogen) atoms. The minimum absolute atomic E-state index is 0.126. The van der Waals surface area contributed by atoms with Crippen molar-refractivity contribution >= 4 is 46.4 Å². The van der Waals surface area contributed by atoms with Crippen LogP contribution in [0.2, 0.25) is 10.0 Å². The highest BCUT2D eigenvalue weighted by atomic mass is 35.5. The monoisotopic (exact) mass is 392 g/mol. The standard InChI is InChI=1S/C18H14Cl2N2O4/c19-11-4-12(20)6-14(5-11)22-8-10(3-17(22)23)18(24)21-13-1-2-15-16(7-13)26-9-25-15/h1-2,4-7,10H,3,8-9H2,(H,21,24). The van der Waals surface area contributed by atoms with Crippen LogP contribution < -0.4 is 19.7 Å². The third-order valence-corrected chi connectivity index (χ3v) is 4.73. The number of amides is 2. The number of ether oxygens (including phenoxy) is 2. The fourth-order valence-electron chi connectivity index (χ4n) is 3.05. The molecule has 1 saturated heterocycles. The van der Waals surface area contributed by atoms with Gasteiger partial charge in [-0.05, 0) is 30.3 Å². The molecule has 2 aromatic rings. The number of hydrogen-bond donors (Lipinski definition) is 1. The van der Waals surface area contributed by atoms with E-state index >= 15 is 0 Å². The second-order valence-electron chi connectivity index (χ2n) is 6.09. The summed E-state index contributed by atoms with van der Waals surface area (Å²) in [4.78, 5) is 26.4. The van der Waals surface area contributed by atoms with Gasteiger partial charge in [0.05, 0.1) is 5.92 Å². The molecular weight excluding hydrogens is 379 g/mol. The maximum atomic E-state index is 12.6. The lowest BCUT2D eigenvalue weighted by Crippen LogP contribution is -2.28. The summed E-state index contributed by atoms with van der Waals surface area (Å²) in [6.07, 6.45) is 0.126. The fraction of sp³-hybridized carbons (Fsp3) is 0.222. The highest BCUT2D eigenvalue weighted by Crippen LogP contribution is 2.35. The summed E-state index contributed by atoms with van der Waals surface area (Å²) in [6.45, 7) is 0.437. The highest BCUT2D eigenvalue weighted by molar-refractivity contribution is 6.35. The van der Waals surface area contributed by atoms with Crippen LogP contribution in [0.4, 0.5) is 11.4 Å². The highest BCUT2D eigenvalue weighted by Gasteiger charge is 2.35. The van der Waals surface area contributed by atoms with Crippen molar-refractivity contribution in [3.8, 4) is 11.5 Å². The number of rotatable bonds is 3. The summed E-state index contributed by atoms with van der Waals surface area (Å²) in [5.74, 6) is 0.385. The zero-order valence-electron chi connectivity index (χ0n) is 13.5. The minimum atomic E-state index is -0.467. The van der Waals surface area contributed by atoms with Crippen LogP contribution in [0.25, 0.3) is 0 Å². The molecule has 1 unspecified atom stereocenters. The van der Waals surface area contributed by atoms with Gasteiger partial charge in [0.15, 0.2) is 11.5 Å². The van der Waals surface area contributed by atoms with Crippen molar-refractivity contribution in [3.05, 3.63) is 46.4 Å². The molecule has 2 aliphatic heterocycles. The number of nitrogens with one attached hydrogen (secondary N) is 1. The van der Waals surface area contributed by atoms with E-state index in [2.05, 4.69) is 5.32 Å². The summed E-state index contributed by atoms with van der Waals surface area (Å²) in [7, 11) is 0. The minimum Gasteiger partial charge on any atom is -0.454 e. The zero-order chi connectivity index (χ0) is 18.3. The van der Waals surface area contributed by atoms with E-state index in [1.165, 1.54) is 4.90 Å². The molecule has 2 amide bonds. The average Bonchev–Trinajstić information content (AvgIpc) is 3.19. The molecule has 0 aromatic heterocycles. The van der Waals surface area contributed by atoms with Crippen molar-refractivity contribution in [3.63, 3.8) is 0 Å². The smallest absolute Gasteiger partial charge is 0.231 e. The molecule has 2 heterocycles. The Balaban J connectivity index is 1.47. The van der Waals surface area contributed by atoms with E-state index in [4.69, 9.17) is 32.7 Å². The van der Waals surface area contributed by atoms with Gasteiger partial charge in [0, 0.05) is 40.5 Å².